The van der Waals surface area contributed by atoms with E-state index in [-0.39, 0.29) is 11.3 Å². The highest BCUT2D eigenvalue weighted by Crippen LogP contribution is 2.57. The molecule has 2 fully saturated rings. The second kappa shape index (κ2) is 5.69. The van der Waals surface area contributed by atoms with Crippen LogP contribution in [0.5, 0.6) is 0 Å². The number of alkyl halides is 3. The van der Waals surface area contributed by atoms with Gasteiger partial charge in [-0.1, -0.05) is 0 Å². The number of nitrogens with two attached hydrogens (primary N) is 1. The summed E-state index contributed by atoms with van der Waals surface area (Å²) in [5.41, 5.74) is 5.21. The van der Waals surface area contributed by atoms with Gasteiger partial charge in [0.25, 0.3) is 0 Å². The largest absolute Gasteiger partial charge is 0.433 e. The van der Waals surface area contributed by atoms with Crippen LogP contribution >= 0.6 is 0 Å². The molecule has 0 unspecified atom stereocenters. The van der Waals surface area contributed by atoms with Gasteiger partial charge in [-0.25, -0.2) is 4.98 Å². The monoisotopic (exact) mass is 327 g/mol. The zero-order chi connectivity index (χ0) is 16.7. The first-order chi connectivity index (χ1) is 10.8. The van der Waals surface area contributed by atoms with Crippen molar-refractivity contribution in [3.05, 3.63) is 24.0 Å². The zero-order valence-electron chi connectivity index (χ0n) is 12.8. The summed E-state index contributed by atoms with van der Waals surface area (Å²) >= 11 is 0. The molecule has 1 aliphatic heterocycles. The van der Waals surface area contributed by atoms with Crippen molar-refractivity contribution in [3.63, 3.8) is 0 Å². The average Bonchev–Trinajstić information content (AvgIpc) is 3.27. The van der Waals surface area contributed by atoms with E-state index in [0.717, 1.165) is 44.8 Å². The van der Waals surface area contributed by atoms with Gasteiger partial charge in [0, 0.05) is 19.5 Å². The molecule has 126 valence electrons. The van der Waals surface area contributed by atoms with E-state index < -0.39 is 11.9 Å². The number of primary amides is 1. The number of hydrogen-bond donors (Lipinski definition) is 1. The van der Waals surface area contributed by atoms with Crippen LogP contribution in [0.4, 0.5) is 18.9 Å². The number of amides is 1. The number of anilines is 1. The van der Waals surface area contributed by atoms with E-state index >= 15 is 0 Å². The van der Waals surface area contributed by atoms with Gasteiger partial charge < -0.3 is 10.6 Å². The number of rotatable bonds is 4. The van der Waals surface area contributed by atoms with Crippen LogP contribution < -0.4 is 10.6 Å². The third-order valence-corrected chi connectivity index (χ3v) is 5.11. The second-order valence-corrected chi connectivity index (χ2v) is 6.69. The molecule has 1 aromatic heterocycles. The van der Waals surface area contributed by atoms with E-state index in [1.807, 2.05) is 0 Å². The molecule has 0 spiro atoms. The van der Waals surface area contributed by atoms with E-state index in [9.17, 15) is 18.0 Å². The lowest BCUT2D eigenvalue weighted by atomic mass is 9.80. The third-order valence-electron chi connectivity index (χ3n) is 5.11. The molecule has 0 bridgehead atoms. The maximum atomic E-state index is 12.6. The average molecular weight is 327 g/mol. The lowest BCUT2D eigenvalue weighted by Gasteiger charge is -2.38. The summed E-state index contributed by atoms with van der Waals surface area (Å²) in [6, 6.07) is 2.50. The van der Waals surface area contributed by atoms with E-state index in [1.165, 1.54) is 12.3 Å². The molecule has 1 amide bonds. The van der Waals surface area contributed by atoms with E-state index in [4.69, 9.17) is 5.73 Å². The first-order valence-corrected chi connectivity index (χ1v) is 7.87. The molecule has 1 aliphatic carbocycles. The number of nitrogens with zero attached hydrogens (tertiary/aromatic N) is 2. The van der Waals surface area contributed by atoms with Crippen molar-refractivity contribution in [2.45, 2.75) is 38.3 Å². The molecule has 2 N–H and O–H groups in total. The van der Waals surface area contributed by atoms with Crippen LogP contribution in [0.3, 0.4) is 0 Å². The van der Waals surface area contributed by atoms with Crippen molar-refractivity contribution >= 4 is 11.6 Å². The van der Waals surface area contributed by atoms with Gasteiger partial charge in [-0.15, -0.1) is 0 Å². The molecule has 23 heavy (non-hydrogen) atoms. The van der Waals surface area contributed by atoms with Crippen molar-refractivity contribution in [1.29, 1.82) is 0 Å². The van der Waals surface area contributed by atoms with Crippen LogP contribution in [0.2, 0.25) is 0 Å². The summed E-state index contributed by atoms with van der Waals surface area (Å²) in [5, 5.41) is 0. The van der Waals surface area contributed by atoms with Crippen LogP contribution in [0.25, 0.3) is 0 Å². The minimum absolute atomic E-state index is 0.0177. The molecule has 1 aromatic rings. The fraction of sp³-hybridized carbons (Fsp3) is 0.625. The molecule has 2 heterocycles. The highest BCUT2D eigenvalue weighted by molar-refractivity contribution is 5.75. The number of aromatic nitrogens is 1. The Morgan fingerprint density at radius 3 is 2.65 bits per heavy atom. The van der Waals surface area contributed by atoms with Crippen molar-refractivity contribution in [2.75, 3.05) is 18.0 Å². The topological polar surface area (TPSA) is 59.2 Å². The third kappa shape index (κ3) is 3.43. The Kier molecular flexibility index (Phi) is 3.98. The Balaban J connectivity index is 1.70. The summed E-state index contributed by atoms with van der Waals surface area (Å²) in [4.78, 5) is 16.9. The van der Waals surface area contributed by atoms with E-state index in [2.05, 4.69) is 9.88 Å². The number of hydrogen-bond acceptors (Lipinski definition) is 3. The quantitative estimate of drug-likeness (QED) is 0.925. The Hall–Kier alpha value is -1.79. The summed E-state index contributed by atoms with van der Waals surface area (Å²) in [5.74, 6) is 0.0989. The predicted octanol–water partition coefficient (Wildman–Crippen LogP) is 2.97. The van der Waals surface area contributed by atoms with Gasteiger partial charge >= 0.3 is 6.18 Å². The molecule has 0 radical (unpaired) electrons. The van der Waals surface area contributed by atoms with Gasteiger partial charge in [0.05, 0.1) is 11.9 Å². The Bertz CT molecular complexity index is 581. The van der Waals surface area contributed by atoms with Gasteiger partial charge in [0.15, 0.2) is 0 Å². The molecule has 3 rings (SSSR count). The summed E-state index contributed by atoms with van der Waals surface area (Å²) in [6.07, 6.45) is 1.32. The van der Waals surface area contributed by atoms with Crippen LogP contribution in [0, 0.1) is 11.3 Å². The lowest BCUT2D eigenvalue weighted by Crippen LogP contribution is -2.40. The highest BCUT2D eigenvalue weighted by Gasteiger charge is 2.50. The fourth-order valence-corrected chi connectivity index (χ4v) is 3.69. The van der Waals surface area contributed by atoms with Crippen molar-refractivity contribution in [3.8, 4) is 0 Å². The number of halogens is 3. The second-order valence-electron chi connectivity index (χ2n) is 6.69. The first-order valence-electron chi connectivity index (χ1n) is 7.87. The maximum Gasteiger partial charge on any atom is 0.433 e. The number of piperidine rings is 1. The van der Waals surface area contributed by atoms with Gasteiger partial charge in [0.2, 0.25) is 5.91 Å². The molecular formula is C16H20F3N3O. The standard InChI is InChI=1S/C16H20F3N3O/c17-16(18,19)13-4-3-12(9-21-13)22-7-1-2-11(10-22)15(5-6-15)8-14(20)23/h3-4,9,11H,1-2,5-8,10H2,(H2,20,23)/t11-/m0/s1. The number of pyridine rings is 1. The zero-order valence-corrected chi connectivity index (χ0v) is 12.8. The summed E-state index contributed by atoms with van der Waals surface area (Å²) in [7, 11) is 0. The maximum absolute atomic E-state index is 12.6. The number of carbonyl (C=O) groups is 1. The smallest absolute Gasteiger partial charge is 0.370 e. The van der Waals surface area contributed by atoms with Gasteiger partial charge in [-0.05, 0) is 49.1 Å². The SMILES string of the molecule is NC(=O)CC1([C@H]2CCCN(c3ccc(C(F)(F)F)nc3)C2)CC1. The molecule has 0 aromatic carbocycles. The van der Waals surface area contributed by atoms with E-state index in [0.29, 0.717) is 18.0 Å². The van der Waals surface area contributed by atoms with Crippen LogP contribution in [0.1, 0.15) is 37.8 Å². The molecule has 7 heteroatoms. The van der Waals surface area contributed by atoms with Crippen LogP contribution in [-0.4, -0.2) is 24.0 Å². The number of carbonyl (C=O) groups excluding carboxylic acids is 1. The van der Waals surface area contributed by atoms with E-state index in [1.54, 1.807) is 0 Å². The van der Waals surface area contributed by atoms with Crippen LogP contribution in [0.15, 0.2) is 18.3 Å². The van der Waals surface area contributed by atoms with Crippen molar-refractivity contribution < 1.29 is 18.0 Å². The van der Waals surface area contributed by atoms with Crippen LogP contribution in [-0.2, 0) is 11.0 Å². The highest BCUT2D eigenvalue weighted by atomic mass is 19.4. The Labute approximate surface area is 132 Å². The van der Waals surface area contributed by atoms with Crippen molar-refractivity contribution in [1.82, 2.24) is 4.98 Å². The summed E-state index contributed by atoms with van der Waals surface area (Å²) in [6.45, 7) is 1.55. The predicted molar refractivity (Wildman–Crippen MR) is 79.7 cm³/mol. The van der Waals surface area contributed by atoms with Crippen molar-refractivity contribution in [2.24, 2.45) is 17.1 Å². The molecule has 1 atom stereocenters. The Morgan fingerprint density at radius 2 is 2.13 bits per heavy atom. The normalized spacial score (nSPS) is 23.6. The molecule has 4 nitrogen and oxygen atoms in total. The summed E-state index contributed by atoms with van der Waals surface area (Å²) < 4.78 is 37.8. The Morgan fingerprint density at radius 1 is 1.39 bits per heavy atom. The van der Waals surface area contributed by atoms with Gasteiger partial charge in [-0.2, -0.15) is 13.2 Å². The fourth-order valence-electron chi connectivity index (χ4n) is 3.69. The first kappa shape index (κ1) is 16.1. The minimum Gasteiger partial charge on any atom is -0.370 e. The molecule has 2 aliphatic rings. The molecular weight excluding hydrogens is 307 g/mol. The minimum atomic E-state index is -4.41. The lowest BCUT2D eigenvalue weighted by molar-refractivity contribution is -0.141. The van der Waals surface area contributed by atoms with Gasteiger partial charge in [0.1, 0.15) is 5.69 Å². The molecule has 1 saturated heterocycles. The van der Waals surface area contributed by atoms with Gasteiger partial charge in [-0.3, -0.25) is 4.79 Å². The molecule has 1 saturated carbocycles.